The molecule has 0 radical (unpaired) electrons. The molecule has 2 N–H and O–H groups in total. The van der Waals surface area contributed by atoms with Crippen molar-refractivity contribution in [1.82, 2.24) is 9.55 Å². The van der Waals surface area contributed by atoms with Gasteiger partial charge in [-0.1, -0.05) is 0 Å². The summed E-state index contributed by atoms with van der Waals surface area (Å²) < 4.78 is 2.41. The van der Waals surface area contributed by atoms with Crippen molar-refractivity contribution in [2.45, 2.75) is 39.2 Å². The molecule has 0 spiro atoms. The van der Waals surface area contributed by atoms with E-state index in [1.54, 1.807) is 0 Å². The Balaban J connectivity index is 2.23. The van der Waals surface area contributed by atoms with Crippen molar-refractivity contribution in [2.75, 3.05) is 6.54 Å². The lowest BCUT2D eigenvalue weighted by molar-refractivity contribution is 0.695. The first-order chi connectivity index (χ1) is 8.20. The first-order valence-corrected chi connectivity index (χ1v) is 6.39. The fraction of sp³-hybridized carbons (Fsp3) is 0.500. The Labute approximate surface area is 102 Å². The fourth-order valence-electron chi connectivity index (χ4n) is 2.45. The molecule has 90 valence electrons. The number of aromatic nitrogens is 2. The van der Waals surface area contributed by atoms with Crippen LogP contribution in [0.5, 0.6) is 0 Å². The van der Waals surface area contributed by atoms with E-state index in [1.165, 1.54) is 29.5 Å². The van der Waals surface area contributed by atoms with Gasteiger partial charge in [0.15, 0.2) is 0 Å². The SMILES string of the molecule is Cc1cc2nc(CCN)n(C3CC3)c2cc1C. The number of rotatable bonds is 3. The topological polar surface area (TPSA) is 43.8 Å². The van der Waals surface area contributed by atoms with Crippen LogP contribution < -0.4 is 5.73 Å². The van der Waals surface area contributed by atoms with Crippen molar-refractivity contribution < 1.29 is 0 Å². The van der Waals surface area contributed by atoms with Crippen LogP contribution in [0.4, 0.5) is 0 Å². The third-order valence-electron chi connectivity index (χ3n) is 3.66. The molecule has 1 aromatic heterocycles. The van der Waals surface area contributed by atoms with Crippen LogP contribution >= 0.6 is 0 Å². The van der Waals surface area contributed by atoms with Crippen LogP contribution in [0, 0.1) is 13.8 Å². The molecule has 3 rings (SSSR count). The molecule has 0 atom stereocenters. The van der Waals surface area contributed by atoms with Gasteiger partial charge in [-0.15, -0.1) is 0 Å². The van der Waals surface area contributed by atoms with Crippen molar-refractivity contribution in [3.05, 3.63) is 29.1 Å². The second-order valence-corrected chi connectivity index (χ2v) is 5.09. The zero-order valence-electron chi connectivity index (χ0n) is 10.5. The molecule has 2 aromatic rings. The van der Waals surface area contributed by atoms with Crippen LogP contribution in [0.2, 0.25) is 0 Å². The molecule has 1 saturated carbocycles. The van der Waals surface area contributed by atoms with Gasteiger partial charge in [0.1, 0.15) is 5.82 Å². The molecule has 1 fully saturated rings. The van der Waals surface area contributed by atoms with Crippen molar-refractivity contribution in [2.24, 2.45) is 5.73 Å². The zero-order valence-corrected chi connectivity index (χ0v) is 10.5. The number of nitrogens with two attached hydrogens (primary N) is 1. The quantitative estimate of drug-likeness (QED) is 0.878. The molecule has 0 saturated heterocycles. The van der Waals surface area contributed by atoms with Crippen LogP contribution in [0.25, 0.3) is 11.0 Å². The summed E-state index contributed by atoms with van der Waals surface area (Å²) in [5.74, 6) is 1.16. The number of benzene rings is 1. The Morgan fingerprint density at radius 3 is 2.65 bits per heavy atom. The summed E-state index contributed by atoms with van der Waals surface area (Å²) in [6.45, 7) is 4.99. The number of hydrogen-bond acceptors (Lipinski definition) is 2. The number of nitrogens with zero attached hydrogens (tertiary/aromatic N) is 2. The van der Waals surface area contributed by atoms with Crippen molar-refractivity contribution in [1.29, 1.82) is 0 Å². The average molecular weight is 229 g/mol. The summed E-state index contributed by atoms with van der Waals surface area (Å²) in [6.07, 6.45) is 3.45. The minimum Gasteiger partial charge on any atom is -0.330 e. The maximum Gasteiger partial charge on any atom is 0.111 e. The lowest BCUT2D eigenvalue weighted by Gasteiger charge is -2.07. The van der Waals surface area contributed by atoms with E-state index in [1.807, 2.05) is 0 Å². The van der Waals surface area contributed by atoms with Crippen LogP contribution in [0.1, 0.15) is 35.8 Å². The molecule has 1 aliphatic rings. The number of aryl methyl sites for hydroxylation is 2. The monoisotopic (exact) mass is 229 g/mol. The van der Waals surface area contributed by atoms with Gasteiger partial charge in [-0.3, -0.25) is 0 Å². The van der Waals surface area contributed by atoms with E-state index in [4.69, 9.17) is 10.7 Å². The van der Waals surface area contributed by atoms with E-state index in [-0.39, 0.29) is 0 Å². The Kier molecular flexibility index (Phi) is 2.44. The summed E-state index contributed by atoms with van der Waals surface area (Å²) in [5, 5.41) is 0. The standard InChI is InChI=1S/C14H19N3/c1-9-7-12-13(8-10(9)2)17(11-3-4-11)14(16-12)5-6-15/h7-8,11H,3-6,15H2,1-2H3. The highest BCUT2D eigenvalue weighted by Gasteiger charge is 2.27. The summed E-state index contributed by atoms with van der Waals surface area (Å²) in [6, 6.07) is 5.14. The minimum absolute atomic E-state index is 0.670. The van der Waals surface area contributed by atoms with Gasteiger partial charge in [0, 0.05) is 12.5 Å². The Morgan fingerprint density at radius 1 is 1.29 bits per heavy atom. The maximum absolute atomic E-state index is 5.68. The Bertz CT molecular complexity index is 564. The highest BCUT2D eigenvalue weighted by Crippen LogP contribution is 2.39. The van der Waals surface area contributed by atoms with E-state index in [0.717, 1.165) is 17.8 Å². The second kappa shape index (κ2) is 3.84. The smallest absolute Gasteiger partial charge is 0.111 e. The van der Waals surface area contributed by atoms with Gasteiger partial charge in [-0.05, 0) is 56.5 Å². The summed E-state index contributed by atoms with van der Waals surface area (Å²) in [4.78, 5) is 4.75. The first-order valence-electron chi connectivity index (χ1n) is 6.39. The van der Waals surface area contributed by atoms with Gasteiger partial charge in [-0.25, -0.2) is 4.98 Å². The van der Waals surface area contributed by atoms with Gasteiger partial charge >= 0.3 is 0 Å². The fourth-order valence-corrected chi connectivity index (χ4v) is 2.45. The predicted octanol–water partition coefficient (Wildman–Crippen LogP) is 2.49. The van der Waals surface area contributed by atoms with Crippen molar-refractivity contribution >= 4 is 11.0 Å². The number of hydrogen-bond donors (Lipinski definition) is 1. The van der Waals surface area contributed by atoms with Gasteiger partial charge in [0.2, 0.25) is 0 Å². The molecule has 1 heterocycles. The summed E-state index contributed by atoms with van der Waals surface area (Å²) in [5.41, 5.74) is 10.8. The van der Waals surface area contributed by atoms with E-state index >= 15 is 0 Å². The highest BCUT2D eigenvalue weighted by atomic mass is 15.1. The largest absolute Gasteiger partial charge is 0.330 e. The second-order valence-electron chi connectivity index (χ2n) is 5.09. The molecule has 1 aromatic carbocycles. The Hall–Kier alpha value is -1.35. The lowest BCUT2D eigenvalue weighted by atomic mass is 10.1. The predicted molar refractivity (Wildman–Crippen MR) is 70.2 cm³/mol. The highest BCUT2D eigenvalue weighted by molar-refractivity contribution is 5.78. The maximum atomic E-state index is 5.68. The third kappa shape index (κ3) is 1.75. The van der Waals surface area contributed by atoms with E-state index < -0.39 is 0 Å². The number of imidazole rings is 1. The molecular formula is C14H19N3. The van der Waals surface area contributed by atoms with Crippen molar-refractivity contribution in [3.8, 4) is 0 Å². The van der Waals surface area contributed by atoms with E-state index in [2.05, 4.69) is 30.5 Å². The van der Waals surface area contributed by atoms with Gasteiger partial charge in [0.05, 0.1) is 11.0 Å². The van der Waals surface area contributed by atoms with Crippen molar-refractivity contribution in [3.63, 3.8) is 0 Å². The first kappa shape index (κ1) is 10.8. The molecule has 17 heavy (non-hydrogen) atoms. The van der Waals surface area contributed by atoms with Crippen LogP contribution in [0.15, 0.2) is 12.1 Å². The minimum atomic E-state index is 0.670. The third-order valence-corrected chi connectivity index (χ3v) is 3.66. The number of fused-ring (bicyclic) bond motifs is 1. The molecule has 1 aliphatic carbocycles. The van der Waals surface area contributed by atoms with Gasteiger partial charge in [0.25, 0.3) is 0 Å². The molecule has 3 heteroatoms. The molecule has 0 aliphatic heterocycles. The average Bonchev–Trinajstić information content (AvgIpc) is 3.05. The van der Waals surface area contributed by atoms with Crippen LogP contribution in [-0.4, -0.2) is 16.1 Å². The molecule has 0 unspecified atom stereocenters. The van der Waals surface area contributed by atoms with Crippen LogP contribution in [-0.2, 0) is 6.42 Å². The molecule has 0 bridgehead atoms. The Morgan fingerprint density at radius 2 is 2.00 bits per heavy atom. The molecule has 0 amide bonds. The summed E-state index contributed by atoms with van der Waals surface area (Å²) in [7, 11) is 0. The lowest BCUT2D eigenvalue weighted by Crippen LogP contribution is -2.09. The normalized spacial score (nSPS) is 15.7. The molecular weight excluding hydrogens is 210 g/mol. The van der Waals surface area contributed by atoms with Gasteiger partial charge < -0.3 is 10.3 Å². The van der Waals surface area contributed by atoms with Crippen LogP contribution in [0.3, 0.4) is 0 Å². The summed E-state index contributed by atoms with van der Waals surface area (Å²) >= 11 is 0. The van der Waals surface area contributed by atoms with E-state index in [9.17, 15) is 0 Å². The van der Waals surface area contributed by atoms with Gasteiger partial charge in [-0.2, -0.15) is 0 Å². The van der Waals surface area contributed by atoms with E-state index in [0.29, 0.717) is 12.6 Å². The zero-order chi connectivity index (χ0) is 12.0. The molecule has 3 nitrogen and oxygen atoms in total.